The van der Waals surface area contributed by atoms with Crippen molar-refractivity contribution in [1.82, 2.24) is 0 Å². The van der Waals surface area contributed by atoms with E-state index in [9.17, 15) is 40.8 Å². The molecule has 0 radical (unpaired) electrons. The van der Waals surface area contributed by atoms with Crippen LogP contribution in [0.3, 0.4) is 0 Å². The number of nitro groups is 1. The predicted octanol–water partition coefficient (Wildman–Crippen LogP) is 7.54. The summed E-state index contributed by atoms with van der Waals surface area (Å²) in [4.78, 5) is 23.4. The molecule has 0 atom stereocenters. The second kappa shape index (κ2) is 16.0. The Kier molecular flexibility index (Phi) is 12.0. The minimum Gasteiger partial charge on any atom is -0.481 e. The van der Waals surface area contributed by atoms with E-state index in [1.165, 1.54) is 36.4 Å². The number of aliphatic carboxylic acids is 1. The van der Waals surface area contributed by atoms with Gasteiger partial charge in [0.05, 0.1) is 20.1 Å². The van der Waals surface area contributed by atoms with E-state index in [2.05, 4.69) is 9.48 Å². The van der Waals surface area contributed by atoms with E-state index in [4.69, 9.17) is 5.11 Å². The van der Waals surface area contributed by atoms with Gasteiger partial charge in [-0.3, -0.25) is 24.0 Å². The van der Waals surface area contributed by atoms with Gasteiger partial charge in [-0.15, -0.1) is 0 Å². The highest BCUT2D eigenvalue weighted by Gasteiger charge is 2.45. The molecule has 3 aromatic carbocycles. The molecule has 0 spiro atoms. The molecule has 0 saturated heterocycles. The number of rotatable bonds is 16. The first-order chi connectivity index (χ1) is 25.7. The molecular formula is C40H46N3O10S2+. The standard InChI is InChI=1S/C40H45N3O10S2/c1-39(2)32-26-30(54(48,49)50)20-22-34(32)41(24-10-6-9-15-38(44)45)36(39)13-7-5-8-14-37-40(3,4)33-27-31(55(51,52)53)21-23-35(33)42(37)25-11-12-28-16-18-29(19-17-28)43(46)47/h5,7-8,13-14,16-23,26-27H,6,9-12,15,24-25H2,1-4H3,(H2-,44,45,48,49,50,51,52,53)/p+1. The smallest absolute Gasteiger partial charge is 0.303 e. The first-order valence-electron chi connectivity index (χ1n) is 17.9. The van der Waals surface area contributed by atoms with Crippen LogP contribution in [0.1, 0.15) is 76.5 Å². The highest BCUT2D eigenvalue weighted by Crippen LogP contribution is 2.48. The van der Waals surface area contributed by atoms with Crippen molar-refractivity contribution in [3.8, 4) is 0 Å². The van der Waals surface area contributed by atoms with Crippen LogP contribution in [-0.4, -0.2) is 65.3 Å². The Labute approximate surface area is 321 Å². The Morgan fingerprint density at radius 2 is 1.45 bits per heavy atom. The highest BCUT2D eigenvalue weighted by molar-refractivity contribution is 7.86. The van der Waals surface area contributed by atoms with Crippen LogP contribution >= 0.6 is 0 Å². The zero-order valence-electron chi connectivity index (χ0n) is 31.2. The quantitative estimate of drug-likeness (QED) is 0.0324. The third-order valence-electron chi connectivity index (χ3n) is 10.3. The third-order valence-corrected chi connectivity index (χ3v) is 12.0. The van der Waals surface area contributed by atoms with Crippen molar-refractivity contribution < 1.29 is 45.3 Å². The van der Waals surface area contributed by atoms with Gasteiger partial charge >= 0.3 is 5.97 Å². The fourth-order valence-corrected chi connectivity index (χ4v) is 8.43. The molecule has 0 aliphatic carbocycles. The van der Waals surface area contributed by atoms with Crippen LogP contribution in [0.25, 0.3) is 0 Å². The first kappa shape index (κ1) is 41.2. The van der Waals surface area contributed by atoms with E-state index >= 15 is 0 Å². The number of hydrogen-bond donors (Lipinski definition) is 3. The molecule has 13 nitrogen and oxygen atoms in total. The Bertz CT molecular complexity index is 2340. The summed E-state index contributed by atoms with van der Waals surface area (Å²) in [6, 6.07) is 15.5. The molecule has 0 bridgehead atoms. The minimum absolute atomic E-state index is 0.0195. The number of non-ortho nitro benzene ring substituents is 1. The van der Waals surface area contributed by atoms with Crippen molar-refractivity contribution >= 4 is 49.0 Å². The number of carboxylic acid groups (broad SMARTS) is 1. The summed E-state index contributed by atoms with van der Waals surface area (Å²) < 4.78 is 69.8. The summed E-state index contributed by atoms with van der Waals surface area (Å²) in [6.07, 6.45) is 12.9. The van der Waals surface area contributed by atoms with Crippen molar-refractivity contribution in [2.75, 3.05) is 18.0 Å². The maximum Gasteiger partial charge on any atom is 0.303 e. The first-order valence-corrected chi connectivity index (χ1v) is 20.8. The van der Waals surface area contributed by atoms with Gasteiger partial charge in [0.15, 0.2) is 5.71 Å². The lowest BCUT2D eigenvalue weighted by atomic mass is 9.81. The number of fused-ring (bicyclic) bond motifs is 2. The Balaban J connectivity index is 1.44. The Morgan fingerprint density at radius 3 is 2.07 bits per heavy atom. The van der Waals surface area contributed by atoms with Gasteiger partial charge in [0.25, 0.3) is 25.9 Å². The van der Waals surface area contributed by atoms with Crippen LogP contribution in [0.2, 0.25) is 0 Å². The number of nitro benzene ring substituents is 1. The molecule has 0 unspecified atom stereocenters. The van der Waals surface area contributed by atoms with Crippen molar-refractivity contribution in [3.05, 3.63) is 124 Å². The molecule has 5 rings (SSSR count). The number of carboxylic acids is 1. The molecule has 2 aliphatic heterocycles. The average molecular weight is 793 g/mol. The summed E-state index contributed by atoms with van der Waals surface area (Å²) >= 11 is 0. The summed E-state index contributed by atoms with van der Waals surface area (Å²) in [6.45, 7) is 9.04. The van der Waals surface area contributed by atoms with Gasteiger partial charge < -0.3 is 10.0 Å². The van der Waals surface area contributed by atoms with E-state index in [0.717, 1.165) is 39.5 Å². The van der Waals surface area contributed by atoms with E-state index in [-0.39, 0.29) is 21.9 Å². The molecule has 15 heteroatoms. The van der Waals surface area contributed by atoms with Gasteiger partial charge in [-0.1, -0.05) is 50.6 Å². The number of benzene rings is 3. The van der Waals surface area contributed by atoms with Crippen molar-refractivity contribution in [2.45, 2.75) is 86.8 Å². The fourth-order valence-electron chi connectivity index (χ4n) is 7.42. The molecule has 55 heavy (non-hydrogen) atoms. The van der Waals surface area contributed by atoms with Crippen LogP contribution in [-0.2, 0) is 42.3 Å². The van der Waals surface area contributed by atoms with Gasteiger partial charge in [0.2, 0.25) is 5.69 Å². The number of carbonyl (C=O) groups is 1. The van der Waals surface area contributed by atoms with E-state index in [0.29, 0.717) is 45.2 Å². The van der Waals surface area contributed by atoms with Crippen LogP contribution in [0.15, 0.2) is 107 Å². The molecule has 0 saturated carbocycles. The summed E-state index contributed by atoms with van der Waals surface area (Å²) in [5.74, 6) is -0.847. The largest absolute Gasteiger partial charge is 0.481 e. The number of aryl methyl sites for hydroxylation is 1. The molecule has 0 amide bonds. The lowest BCUT2D eigenvalue weighted by molar-refractivity contribution is -0.438. The Morgan fingerprint density at radius 1 is 0.818 bits per heavy atom. The van der Waals surface area contributed by atoms with E-state index in [1.54, 1.807) is 24.3 Å². The van der Waals surface area contributed by atoms with E-state index in [1.807, 2.05) is 58.1 Å². The molecule has 2 heterocycles. The molecule has 0 aromatic heterocycles. The van der Waals surface area contributed by atoms with Gasteiger partial charge in [0, 0.05) is 66.0 Å². The number of nitrogens with zero attached hydrogens (tertiary/aromatic N) is 3. The monoisotopic (exact) mass is 792 g/mol. The number of allylic oxidation sites excluding steroid dienone is 6. The molecule has 292 valence electrons. The second-order valence-corrected chi connectivity index (χ2v) is 17.6. The van der Waals surface area contributed by atoms with Gasteiger partial charge in [-0.05, 0) is 80.6 Å². The topological polar surface area (TPSA) is 195 Å². The lowest BCUT2D eigenvalue weighted by Crippen LogP contribution is -2.28. The minimum atomic E-state index is -4.44. The van der Waals surface area contributed by atoms with Gasteiger partial charge in [-0.25, -0.2) is 0 Å². The molecular weight excluding hydrogens is 747 g/mol. The molecule has 2 aliphatic rings. The lowest BCUT2D eigenvalue weighted by Gasteiger charge is -2.27. The van der Waals surface area contributed by atoms with Crippen LogP contribution < -0.4 is 4.90 Å². The van der Waals surface area contributed by atoms with Crippen LogP contribution in [0, 0.1) is 10.1 Å². The Hall–Kier alpha value is -4.96. The van der Waals surface area contributed by atoms with Crippen molar-refractivity contribution in [3.63, 3.8) is 0 Å². The maximum absolute atomic E-state index is 12.1. The summed E-state index contributed by atoms with van der Waals surface area (Å²) in [5, 5.41) is 20.1. The zero-order chi connectivity index (χ0) is 40.3. The van der Waals surface area contributed by atoms with Crippen LogP contribution in [0.4, 0.5) is 17.1 Å². The SMILES string of the molecule is CC1(C)C(/C=C/C=C/C=C2/N(CCCCCC(=O)O)c3ccc(S(=O)(=O)O)cc3C2(C)C)=[N+](CCCc2ccc([N+](=O)[O-])cc2)c2ccc(S(=O)(=O)O)cc21. The van der Waals surface area contributed by atoms with E-state index < -0.39 is 42.0 Å². The van der Waals surface area contributed by atoms with Crippen LogP contribution in [0.5, 0.6) is 0 Å². The average Bonchev–Trinajstić information content (AvgIpc) is 3.45. The zero-order valence-corrected chi connectivity index (χ0v) is 32.8. The fraction of sp³-hybridized carbons (Fsp3) is 0.350. The molecule has 0 fully saturated rings. The molecule has 3 N–H and O–H groups in total. The normalized spacial score (nSPS) is 17.1. The number of unbranched alkanes of at least 4 members (excludes halogenated alkanes) is 2. The number of hydrogen-bond acceptors (Lipinski definition) is 8. The highest BCUT2D eigenvalue weighted by atomic mass is 32.2. The van der Waals surface area contributed by atoms with Crippen molar-refractivity contribution in [2.24, 2.45) is 0 Å². The maximum atomic E-state index is 12.1. The van der Waals surface area contributed by atoms with Crippen molar-refractivity contribution in [1.29, 1.82) is 0 Å². The molecule has 3 aromatic rings. The summed E-state index contributed by atoms with van der Waals surface area (Å²) in [7, 11) is -8.87. The van der Waals surface area contributed by atoms with Gasteiger partial charge in [0.1, 0.15) is 6.54 Å². The van der Waals surface area contributed by atoms with Gasteiger partial charge in [-0.2, -0.15) is 21.4 Å². The second-order valence-electron chi connectivity index (χ2n) is 14.8. The number of anilines is 1. The third kappa shape index (κ3) is 9.13. The summed E-state index contributed by atoms with van der Waals surface area (Å²) in [5.41, 5.74) is 4.54. The predicted molar refractivity (Wildman–Crippen MR) is 210 cm³/mol.